The summed E-state index contributed by atoms with van der Waals surface area (Å²) in [4.78, 5) is 13.1. The van der Waals surface area contributed by atoms with Crippen molar-refractivity contribution in [1.29, 1.82) is 0 Å². The summed E-state index contributed by atoms with van der Waals surface area (Å²) in [6.45, 7) is 10.8. The largest absolute Gasteiger partial charge is 0.368 e. The Labute approximate surface area is 129 Å². The first-order valence-electron chi connectivity index (χ1n) is 7.27. The molecule has 0 amide bonds. The second kappa shape index (κ2) is 5.05. The van der Waals surface area contributed by atoms with Gasteiger partial charge < -0.3 is 5.73 Å². The SMILES string of the molecule is Cc1cnc(Cn2nc(C)c3c(C)nc(N)nc32)c(C)c1C. The molecule has 6 nitrogen and oxygen atoms in total. The Kier molecular flexibility index (Phi) is 3.31. The third-order valence-corrected chi connectivity index (χ3v) is 4.27. The van der Waals surface area contributed by atoms with Crippen LogP contribution in [0.4, 0.5) is 5.95 Å². The Morgan fingerprint density at radius 3 is 2.45 bits per heavy atom. The van der Waals surface area contributed by atoms with E-state index in [0.717, 1.165) is 28.1 Å². The lowest BCUT2D eigenvalue weighted by molar-refractivity contribution is 0.677. The average molecular weight is 296 g/mol. The maximum atomic E-state index is 5.79. The van der Waals surface area contributed by atoms with Crippen LogP contribution in [-0.4, -0.2) is 24.7 Å². The highest BCUT2D eigenvalue weighted by molar-refractivity contribution is 5.81. The number of rotatable bonds is 2. The minimum absolute atomic E-state index is 0.274. The lowest BCUT2D eigenvalue weighted by atomic mass is 10.1. The topological polar surface area (TPSA) is 82.5 Å². The maximum absolute atomic E-state index is 5.79. The Balaban J connectivity index is 2.14. The summed E-state index contributed by atoms with van der Waals surface area (Å²) in [6.07, 6.45) is 1.91. The minimum Gasteiger partial charge on any atom is -0.368 e. The monoisotopic (exact) mass is 296 g/mol. The molecule has 0 saturated carbocycles. The number of anilines is 1. The summed E-state index contributed by atoms with van der Waals surface area (Å²) in [7, 11) is 0. The summed E-state index contributed by atoms with van der Waals surface area (Å²) >= 11 is 0. The Hall–Kier alpha value is -2.50. The fraction of sp³-hybridized carbons (Fsp3) is 0.375. The molecule has 0 radical (unpaired) electrons. The summed E-state index contributed by atoms with van der Waals surface area (Å²) < 4.78 is 1.86. The molecular weight excluding hydrogens is 276 g/mol. The fourth-order valence-corrected chi connectivity index (χ4v) is 2.76. The van der Waals surface area contributed by atoms with Gasteiger partial charge in [-0.05, 0) is 51.3 Å². The highest BCUT2D eigenvalue weighted by Crippen LogP contribution is 2.22. The number of hydrogen-bond donors (Lipinski definition) is 1. The van der Waals surface area contributed by atoms with Crippen LogP contribution in [0.15, 0.2) is 6.20 Å². The quantitative estimate of drug-likeness (QED) is 0.785. The van der Waals surface area contributed by atoms with Crippen molar-refractivity contribution in [3.8, 4) is 0 Å². The zero-order valence-electron chi connectivity index (χ0n) is 13.6. The molecule has 0 aliphatic rings. The number of nitrogens with zero attached hydrogens (tertiary/aromatic N) is 5. The van der Waals surface area contributed by atoms with Crippen molar-refractivity contribution < 1.29 is 0 Å². The molecule has 3 aromatic heterocycles. The average Bonchev–Trinajstić information content (AvgIpc) is 2.76. The molecule has 22 heavy (non-hydrogen) atoms. The van der Waals surface area contributed by atoms with E-state index in [-0.39, 0.29) is 5.95 Å². The summed E-state index contributed by atoms with van der Waals surface area (Å²) in [6, 6.07) is 0. The molecule has 0 fully saturated rings. The maximum Gasteiger partial charge on any atom is 0.222 e. The van der Waals surface area contributed by atoms with E-state index in [1.807, 2.05) is 24.7 Å². The molecule has 0 atom stereocenters. The van der Waals surface area contributed by atoms with Gasteiger partial charge in [0.05, 0.1) is 29.0 Å². The van der Waals surface area contributed by atoms with E-state index in [1.165, 1.54) is 16.7 Å². The van der Waals surface area contributed by atoms with Crippen LogP contribution in [-0.2, 0) is 6.54 Å². The molecule has 114 valence electrons. The molecule has 3 rings (SSSR count). The third-order valence-electron chi connectivity index (χ3n) is 4.27. The van der Waals surface area contributed by atoms with Crippen LogP contribution in [0.25, 0.3) is 11.0 Å². The first kappa shape index (κ1) is 14.4. The smallest absolute Gasteiger partial charge is 0.222 e. The second-order valence-corrected chi connectivity index (χ2v) is 5.75. The van der Waals surface area contributed by atoms with E-state index in [4.69, 9.17) is 5.73 Å². The minimum atomic E-state index is 0.274. The Morgan fingerprint density at radius 1 is 1.00 bits per heavy atom. The van der Waals surface area contributed by atoms with E-state index in [0.29, 0.717) is 6.54 Å². The number of pyridine rings is 1. The van der Waals surface area contributed by atoms with Crippen LogP contribution in [0.2, 0.25) is 0 Å². The van der Waals surface area contributed by atoms with Crippen molar-refractivity contribution in [3.63, 3.8) is 0 Å². The third kappa shape index (κ3) is 2.20. The van der Waals surface area contributed by atoms with Gasteiger partial charge in [0.15, 0.2) is 5.65 Å². The van der Waals surface area contributed by atoms with Crippen LogP contribution in [0.5, 0.6) is 0 Å². The number of fused-ring (bicyclic) bond motifs is 1. The van der Waals surface area contributed by atoms with Crippen molar-refractivity contribution in [1.82, 2.24) is 24.7 Å². The van der Waals surface area contributed by atoms with Crippen LogP contribution in [0.3, 0.4) is 0 Å². The van der Waals surface area contributed by atoms with Gasteiger partial charge in [-0.3, -0.25) is 4.98 Å². The van der Waals surface area contributed by atoms with E-state index in [2.05, 4.69) is 40.8 Å². The molecule has 0 aromatic carbocycles. The molecule has 0 aliphatic heterocycles. The van der Waals surface area contributed by atoms with Gasteiger partial charge in [0.2, 0.25) is 5.95 Å². The summed E-state index contributed by atoms with van der Waals surface area (Å²) in [5, 5.41) is 5.57. The zero-order chi connectivity index (χ0) is 16.0. The summed E-state index contributed by atoms with van der Waals surface area (Å²) in [5.74, 6) is 0.274. The van der Waals surface area contributed by atoms with Crippen molar-refractivity contribution in [3.05, 3.63) is 40.0 Å². The van der Waals surface area contributed by atoms with Crippen LogP contribution < -0.4 is 5.73 Å². The molecule has 6 heteroatoms. The molecule has 0 spiro atoms. The zero-order valence-corrected chi connectivity index (χ0v) is 13.6. The van der Waals surface area contributed by atoms with Gasteiger partial charge in [0.1, 0.15) is 0 Å². The second-order valence-electron chi connectivity index (χ2n) is 5.75. The summed E-state index contributed by atoms with van der Waals surface area (Å²) in [5.41, 5.74) is 13.0. The number of nitrogen functional groups attached to an aromatic ring is 1. The number of aromatic nitrogens is 5. The van der Waals surface area contributed by atoms with Crippen LogP contribution >= 0.6 is 0 Å². The molecule has 3 heterocycles. The lowest BCUT2D eigenvalue weighted by Gasteiger charge is -2.10. The van der Waals surface area contributed by atoms with Gasteiger partial charge in [-0.25, -0.2) is 9.67 Å². The van der Waals surface area contributed by atoms with Crippen molar-refractivity contribution in [2.45, 2.75) is 41.2 Å². The van der Waals surface area contributed by atoms with Crippen molar-refractivity contribution in [2.75, 3.05) is 5.73 Å². The van der Waals surface area contributed by atoms with E-state index < -0.39 is 0 Å². The van der Waals surface area contributed by atoms with E-state index in [9.17, 15) is 0 Å². The molecule has 2 N–H and O–H groups in total. The van der Waals surface area contributed by atoms with Gasteiger partial charge in [-0.15, -0.1) is 0 Å². The first-order chi connectivity index (χ1) is 10.4. The van der Waals surface area contributed by atoms with E-state index >= 15 is 0 Å². The molecule has 0 saturated heterocycles. The van der Waals surface area contributed by atoms with Gasteiger partial charge in [0, 0.05) is 6.20 Å². The van der Waals surface area contributed by atoms with E-state index in [1.54, 1.807) is 0 Å². The Bertz CT molecular complexity index is 878. The first-order valence-corrected chi connectivity index (χ1v) is 7.27. The number of hydrogen-bond acceptors (Lipinski definition) is 5. The van der Waals surface area contributed by atoms with Gasteiger partial charge in [0.25, 0.3) is 0 Å². The molecule has 3 aromatic rings. The van der Waals surface area contributed by atoms with Gasteiger partial charge >= 0.3 is 0 Å². The highest BCUT2D eigenvalue weighted by atomic mass is 15.3. The van der Waals surface area contributed by atoms with Gasteiger partial charge in [-0.1, -0.05) is 0 Å². The van der Waals surface area contributed by atoms with Crippen molar-refractivity contribution >= 4 is 17.0 Å². The predicted octanol–water partition coefficient (Wildman–Crippen LogP) is 2.39. The lowest BCUT2D eigenvalue weighted by Crippen LogP contribution is -2.09. The number of nitrogens with two attached hydrogens (primary N) is 1. The Morgan fingerprint density at radius 2 is 1.73 bits per heavy atom. The molecular formula is C16H20N6. The number of aryl methyl sites for hydroxylation is 3. The highest BCUT2D eigenvalue weighted by Gasteiger charge is 2.15. The molecule has 0 unspecified atom stereocenters. The van der Waals surface area contributed by atoms with Gasteiger partial charge in [-0.2, -0.15) is 10.1 Å². The molecule has 0 bridgehead atoms. The van der Waals surface area contributed by atoms with Crippen molar-refractivity contribution in [2.24, 2.45) is 0 Å². The standard InChI is InChI=1S/C16H20N6/c1-8-6-18-13(10(3)9(8)2)7-22-15-14(12(5)21-22)11(4)19-16(17)20-15/h6H,7H2,1-5H3,(H2,17,19,20). The normalized spacial score (nSPS) is 11.3. The van der Waals surface area contributed by atoms with Crippen LogP contribution in [0.1, 0.15) is 33.8 Å². The fourth-order valence-electron chi connectivity index (χ4n) is 2.76. The van der Waals surface area contributed by atoms with Crippen LogP contribution in [0, 0.1) is 34.6 Å². The molecule has 0 aliphatic carbocycles. The predicted molar refractivity (Wildman–Crippen MR) is 86.8 cm³/mol.